The number of alkyl halides is 3. The largest absolute Gasteiger partial charge is 0.475 e. The van der Waals surface area contributed by atoms with Gasteiger partial charge in [0, 0.05) is 24.6 Å². The van der Waals surface area contributed by atoms with Crippen LogP contribution in [0.3, 0.4) is 0 Å². The summed E-state index contributed by atoms with van der Waals surface area (Å²) in [4.78, 5) is 7.65. The van der Waals surface area contributed by atoms with Crippen LogP contribution < -0.4 is 0 Å². The number of halogens is 3. The highest BCUT2D eigenvalue weighted by atomic mass is 19.4. The molecule has 1 aliphatic rings. The maximum Gasteiger partial charge on any atom is 0.429 e. The fourth-order valence-electron chi connectivity index (χ4n) is 2.23. The molecule has 0 fully saturated rings. The van der Waals surface area contributed by atoms with Gasteiger partial charge in [-0.25, -0.2) is 14.7 Å². The zero-order valence-electron chi connectivity index (χ0n) is 13.9. The van der Waals surface area contributed by atoms with E-state index in [1.54, 1.807) is 13.8 Å². The average Bonchev–Trinajstić information content (AvgIpc) is 3.23. The molecular weight excluding hydrogens is 353 g/mol. The van der Waals surface area contributed by atoms with E-state index in [0.29, 0.717) is 0 Å². The first kappa shape index (κ1) is 17.8. The number of nitrogens with zero attached hydrogens (tertiary/aromatic N) is 6. The van der Waals surface area contributed by atoms with Crippen molar-refractivity contribution in [1.29, 1.82) is 0 Å². The fourth-order valence-corrected chi connectivity index (χ4v) is 2.23. The van der Waals surface area contributed by atoms with Gasteiger partial charge in [-0.3, -0.25) is 0 Å². The second kappa shape index (κ2) is 7.10. The molecule has 11 heteroatoms. The quantitative estimate of drug-likeness (QED) is 0.806. The van der Waals surface area contributed by atoms with Gasteiger partial charge >= 0.3 is 6.18 Å². The normalized spacial score (nSPS) is 18.3. The number of ether oxygens (including phenoxy) is 1. The van der Waals surface area contributed by atoms with Crippen molar-refractivity contribution in [1.82, 2.24) is 25.0 Å². The molecule has 1 aliphatic heterocycles. The van der Waals surface area contributed by atoms with Crippen molar-refractivity contribution in [2.24, 2.45) is 4.99 Å². The average molecular weight is 368 g/mol. The Balaban J connectivity index is 1.81. The van der Waals surface area contributed by atoms with Gasteiger partial charge in [0.25, 0.3) is 0 Å². The summed E-state index contributed by atoms with van der Waals surface area (Å²) in [5.41, 5.74) is -0.918. The molecule has 3 rings (SSSR count). The molecule has 0 radical (unpaired) electrons. The van der Waals surface area contributed by atoms with E-state index in [-0.39, 0.29) is 30.1 Å². The van der Waals surface area contributed by atoms with Gasteiger partial charge in [-0.15, -0.1) is 10.2 Å². The van der Waals surface area contributed by atoms with Crippen LogP contribution in [0.1, 0.15) is 37.9 Å². The first-order valence-electron chi connectivity index (χ1n) is 7.70. The maximum absolute atomic E-state index is 13.1. The van der Waals surface area contributed by atoms with Gasteiger partial charge in [0.1, 0.15) is 12.0 Å². The third kappa shape index (κ3) is 4.35. The van der Waals surface area contributed by atoms with E-state index in [9.17, 15) is 13.2 Å². The van der Waals surface area contributed by atoms with Crippen LogP contribution in [0, 0.1) is 0 Å². The molecule has 2 aromatic heterocycles. The van der Waals surface area contributed by atoms with E-state index >= 15 is 0 Å². The summed E-state index contributed by atoms with van der Waals surface area (Å²) in [6.45, 7) is 3.42. The molecule has 8 nitrogen and oxygen atoms in total. The topological polar surface area (TPSA) is 91.2 Å². The van der Waals surface area contributed by atoms with Crippen molar-refractivity contribution in [2.75, 3.05) is 0 Å². The number of aromatic nitrogens is 5. The zero-order chi connectivity index (χ0) is 18.7. The van der Waals surface area contributed by atoms with Crippen LogP contribution in [0.2, 0.25) is 0 Å². The lowest BCUT2D eigenvalue weighted by molar-refractivity contribution is -0.0614. The van der Waals surface area contributed by atoms with E-state index in [0.717, 1.165) is 0 Å². The van der Waals surface area contributed by atoms with Crippen molar-refractivity contribution < 1.29 is 22.3 Å². The van der Waals surface area contributed by atoms with Crippen molar-refractivity contribution in [2.45, 2.75) is 38.5 Å². The zero-order valence-corrected chi connectivity index (χ0v) is 13.9. The van der Waals surface area contributed by atoms with Gasteiger partial charge in [-0.2, -0.15) is 18.3 Å². The molecular formula is C15H15F3N6O2. The van der Waals surface area contributed by atoms with Crippen molar-refractivity contribution in [3.05, 3.63) is 36.4 Å². The summed E-state index contributed by atoms with van der Waals surface area (Å²) in [5, 5.41) is 11.4. The Morgan fingerprint density at radius 3 is 2.85 bits per heavy atom. The van der Waals surface area contributed by atoms with Crippen LogP contribution in [-0.2, 0) is 4.74 Å². The maximum atomic E-state index is 13.1. The minimum Gasteiger partial charge on any atom is -0.475 e. The monoisotopic (exact) mass is 368 g/mol. The number of hydrogen-bond donors (Lipinski definition) is 0. The van der Waals surface area contributed by atoms with Crippen LogP contribution in [0.15, 0.2) is 34.1 Å². The Hall–Kier alpha value is -2.98. The molecule has 0 bridgehead atoms. The Kier molecular flexibility index (Phi) is 4.87. The molecule has 2 aromatic rings. The Labute approximate surface area is 146 Å². The Morgan fingerprint density at radius 1 is 1.38 bits per heavy atom. The summed E-state index contributed by atoms with van der Waals surface area (Å²) in [5.74, 6) is -0.294. The van der Waals surface area contributed by atoms with E-state index in [1.807, 2.05) is 0 Å². The van der Waals surface area contributed by atoms with E-state index in [2.05, 4.69) is 25.3 Å². The minimum atomic E-state index is -4.54. The third-order valence-corrected chi connectivity index (χ3v) is 3.29. The minimum absolute atomic E-state index is 0.0821. The van der Waals surface area contributed by atoms with Crippen molar-refractivity contribution in [3.8, 4) is 0 Å². The van der Waals surface area contributed by atoms with Crippen molar-refractivity contribution >= 4 is 18.0 Å². The molecule has 0 aromatic carbocycles. The molecule has 26 heavy (non-hydrogen) atoms. The highest BCUT2D eigenvalue weighted by Gasteiger charge is 2.40. The van der Waals surface area contributed by atoms with Crippen LogP contribution in [0.25, 0.3) is 12.3 Å². The van der Waals surface area contributed by atoms with Gasteiger partial charge in [0.2, 0.25) is 18.2 Å². The van der Waals surface area contributed by atoms with E-state index in [4.69, 9.17) is 9.15 Å². The molecule has 0 N–H and O–H groups in total. The van der Waals surface area contributed by atoms with E-state index in [1.165, 1.54) is 35.8 Å². The molecule has 0 amide bonds. The van der Waals surface area contributed by atoms with Gasteiger partial charge in [0.05, 0.1) is 6.10 Å². The van der Waals surface area contributed by atoms with Crippen molar-refractivity contribution in [3.63, 3.8) is 0 Å². The summed E-state index contributed by atoms with van der Waals surface area (Å²) in [6.07, 6.45) is 1.84. The lowest BCUT2D eigenvalue weighted by Crippen LogP contribution is -2.28. The number of allylic oxidation sites excluding steroid dienone is 1. The fraction of sp³-hybridized carbons (Fsp3) is 0.400. The van der Waals surface area contributed by atoms with Crippen LogP contribution in [-0.4, -0.2) is 43.0 Å². The molecule has 138 valence electrons. The molecule has 1 unspecified atom stereocenters. The highest BCUT2D eigenvalue weighted by Crippen LogP contribution is 2.32. The first-order chi connectivity index (χ1) is 12.3. The SMILES string of the molecule is CC(C)OC1=CC(c2ncn(/C=C\c3nnco3)n2)CC(C(F)(F)F)=N1. The molecule has 0 aliphatic carbocycles. The predicted octanol–water partition coefficient (Wildman–Crippen LogP) is 3.05. The number of hydrogen-bond acceptors (Lipinski definition) is 7. The second-order valence-electron chi connectivity index (χ2n) is 5.71. The van der Waals surface area contributed by atoms with Gasteiger partial charge in [0.15, 0.2) is 5.82 Å². The molecule has 0 saturated carbocycles. The lowest BCUT2D eigenvalue weighted by atomic mass is 9.98. The van der Waals surface area contributed by atoms with Crippen LogP contribution in [0.4, 0.5) is 13.2 Å². The molecule has 1 atom stereocenters. The summed E-state index contributed by atoms with van der Waals surface area (Å²) >= 11 is 0. The molecule has 0 saturated heterocycles. The number of rotatable bonds is 5. The van der Waals surface area contributed by atoms with Gasteiger partial charge < -0.3 is 9.15 Å². The third-order valence-electron chi connectivity index (χ3n) is 3.29. The standard InChI is InChI=1S/C15H15F3N6O2/c1-9(2)26-13-6-10(5-11(21-13)15(16,17)18)14-19-7-24(23-14)4-3-12-22-20-8-25-12/h3-4,6-10H,5H2,1-2H3/b4-3-. The van der Waals surface area contributed by atoms with E-state index < -0.39 is 17.8 Å². The van der Waals surface area contributed by atoms with Crippen LogP contribution >= 0.6 is 0 Å². The summed E-state index contributed by atoms with van der Waals surface area (Å²) in [6, 6.07) is 0. The van der Waals surface area contributed by atoms with Gasteiger partial charge in [-0.1, -0.05) is 0 Å². The Bertz CT molecular complexity index is 836. The lowest BCUT2D eigenvalue weighted by Gasteiger charge is -2.21. The molecule has 3 heterocycles. The van der Waals surface area contributed by atoms with Gasteiger partial charge in [-0.05, 0) is 19.9 Å². The Morgan fingerprint density at radius 2 is 2.19 bits per heavy atom. The van der Waals surface area contributed by atoms with Crippen LogP contribution in [0.5, 0.6) is 0 Å². The highest BCUT2D eigenvalue weighted by molar-refractivity contribution is 5.92. The second-order valence-corrected chi connectivity index (χ2v) is 5.71. The smallest absolute Gasteiger partial charge is 0.429 e. The first-order valence-corrected chi connectivity index (χ1v) is 7.70. The number of aliphatic imine (C=N–C) groups is 1. The summed E-state index contributed by atoms with van der Waals surface area (Å²) < 4.78 is 51.0. The molecule has 0 spiro atoms. The predicted molar refractivity (Wildman–Crippen MR) is 84.7 cm³/mol. The summed E-state index contributed by atoms with van der Waals surface area (Å²) in [7, 11) is 0.